The number of benzene rings is 2. The van der Waals surface area contributed by atoms with Gasteiger partial charge in [-0.3, -0.25) is 19.7 Å². The highest BCUT2D eigenvalue weighted by molar-refractivity contribution is 6.35. The van der Waals surface area contributed by atoms with Crippen LogP contribution in [0.4, 0.5) is 4.39 Å². The first-order valence-corrected chi connectivity index (χ1v) is 12.6. The minimum atomic E-state index is -0.665. The first kappa shape index (κ1) is 26.0. The summed E-state index contributed by atoms with van der Waals surface area (Å²) in [5.74, 6) is -0.240. The van der Waals surface area contributed by atoms with Gasteiger partial charge in [-0.05, 0) is 13.1 Å². The molecule has 2 aliphatic rings. The van der Waals surface area contributed by atoms with Gasteiger partial charge in [0.25, 0.3) is 5.91 Å². The zero-order valence-electron chi connectivity index (χ0n) is 21.4. The van der Waals surface area contributed by atoms with Crippen LogP contribution < -0.4 is 14.8 Å². The minimum Gasteiger partial charge on any atom is -0.495 e. The van der Waals surface area contributed by atoms with Crippen molar-refractivity contribution in [2.24, 2.45) is 4.99 Å². The predicted octanol–water partition coefficient (Wildman–Crippen LogP) is 3.77. The fraction of sp³-hybridized carbons (Fsp3) is 0.333. The lowest BCUT2D eigenvalue weighted by molar-refractivity contribution is 0.0978. The molecule has 0 spiro atoms. The molecule has 3 heterocycles. The van der Waals surface area contributed by atoms with Crippen molar-refractivity contribution in [3.63, 3.8) is 0 Å². The third-order valence-electron chi connectivity index (χ3n) is 6.76. The van der Waals surface area contributed by atoms with Crippen molar-refractivity contribution in [2.45, 2.75) is 6.42 Å². The number of amides is 1. The molecule has 1 fully saturated rings. The molecular weight excluding hydrogens is 511 g/mol. The summed E-state index contributed by atoms with van der Waals surface area (Å²) >= 11 is 6.51. The highest BCUT2D eigenvalue weighted by Crippen LogP contribution is 2.44. The van der Waals surface area contributed by atoms with Crippen LogP contribution >= 0.6 is 11.6 Å². The number of nitrogens with zero attached hydrogens (tertiary/aromatic N) is 5. The van der Waals surface area contributed by atoms with E-state index in [4.69, 9.17) is 21.1 Å². The predicted molar refractivity (Wildman–Crippen MR) is 145 cm³/mol. The number of hydrogen-bond acceptors (Lipinski definition) is 8. The Bertz CT molecular complexity index is 1420. The molecule has 0 aliphatic carbocycles. The molecule has 0 bridgehead atoms. The molecule has 11 heteroatoms. The fourth-order valence-electron chi connectivity index (χ4n) is 4.66. The summed E-state index contributed by atoms with van der Waals surface area (Å²) in [6.07, 6.45) is 5.54. The van der Waals surface area contributed by atoms with Crippen molar-refractivity contribution < 1.29 is 18.7 Å². The molecule has 0 unspecified atom stereocenters. The summed E-state index contributed by atoms with van der Waals surface area (Å²) in [6, 6.07) is 4.56. The maximum Gasteiger partial charge on any atom is 0.258 e. The maximum atomic E-state index is 15.4. The number of halogens is 2. The normalized spacial score (nSPS) is 16.3. The van der Waals surface area contributed by atoms with Gasteiger partial charge >= 0.3 is 0 Å². The molecule has 0 atom stereocenters. The van der Waals surface area contributed by atoms with Crippen molar-refractivity contribution in [3.05, 3.63) is 58.8 Å². The second-order valence-corrected chi connectivity index (χ2v) is 9.57. The second-order valence-electron chi connectivity index (χ2n) is 9.19. The number of rotatable bonds is 6. The topological polar surface area (TPSA) is 92.2 Å². The Morgan fingerprint density at radius 3 is 2.50 bits per heavy atom. The van der Waals surface area contributed by atoms with Gasteiger partial charge < -0.3 is 19.7 Å². The summed E-state index contributed by atoms with van der Waals surface area (Å²) in [7, 11) is 4.92. The lowest BCUT2D eigenvalue weighted by Gasteiger charge is -2.32. The SMILES string of the molecule is COc1cc(OC)c(Cl)c(-c2ccc(C(=O)NC3=NC(CN4CCN(C)CC4)=CC3)c3nccnc23)c1F. The number of amidine groups is 1. The molecule has 9 nitrogen and oxygen atoms in total. The number of likely N-dealkylation sites (N-methyl/N-ethyl adjacent to an activating group) is 1. The van der Waals surface area contributed by atoms with E-state index in [-0.39, 0.29) is 28.0 Å². The number of piperazine rings is 1. The van der Waals surface area contributed by atoms with Crippen LogP contribution in [-0.2, 0) is 0 Å². The van der Waals surface area contributed by atoms with Crippen LogP contribution in [0.3, 0.4) is 0 Å². The molecule has 1 amide bonds. The van der Waals surface area contributed by atoms with E-state index in [2.05, 4.69) is 37.1 Å². The highest BCUT2D eigenvalue weighted by atomic mass is 35.5. The number of hydrogen-bond donors (Lipinski definition) is 1. The fourth-order valence-corrected chi connectivity index (χ4v) is 4.97. The maximum absolute atomic E-state index is 15.4. The lowest BCUT2D eigenvalue weighted by atomic mass is 9.99. The van der Waals surface area contributed by atoms with Crippen molar-refractivity contribution in [1.82, 2.24) is 25.1 Å². The first-order chi connectivity index (χ1) is 18.4. The van der Waals surface area contributed by atoms with Gasteiger partial charge in [-0.15, -0.1) is 0 Å². The molecule has 1 N–H and O–H groups in total. The van der Waals surface area contributed by atoms with E-state index in [1.54, 1.807) is 12.1 Å². The van der Waals surface area contributed by atoms with Crippen LogP contribution in [-0.4, -0.2) is 85.5 Å². The Morgan fingerprint density at radius 2 is 1.79 bits per heavy atom. The van der Waals surface area contributed by atoms with E-state index < -0.39 is 5.82 Å². The van der Waals surface area contributed by atoms with Gasteiger partial charge in [0.05, 0.1) is 36.0 Å². The van der Waals surface area contributed by atoms with Gasteiger partial charge in [0.2, 0.25) is 0 Å². The lowest BCUT2D eigenvalue weighted by Crippen LogP contribution is -2.44. The average Bonchev–Trinajstić information content (AvgIpc) is 3.36. The first-order valence-electron chi connectivity index (χ1n) is 12.2. The molecule has 0 saturated carbocycles. The van der Waals surface area contributed by atoms with Gasteiger partial charge in [-0.2, -0.15) is 0 Å². The summed E-state index contributed by atoms with van der Waals surface area (Å²) < 4.78 is 25.9. The van der Waals surface area contributed by atoms with E-state index in [9.17, 15) is 4.79 Å². The largest absolute Gasteiger partial charge is 0.495 e. The van der Waals surface area contributed by atoms with E-state index in [1.165, 1.54) is 32.7 Å². The van der Waals surface area contributed by atoms with Gasteiger partial charge in [0.15, 0.2) is 11.6 Å². The van der Waals surface area contributed by atoms with Gasteiger partial charge in [-0.25, -0.2) is 9.38 Å². The monoisotopic (exact) mass is 538 g/mol. The smallest absolute Gasteiger partial charge is 0.258 e. The molecule has 38 heavy (non-hydrogen) atoms. The summed E-state index contributed by atoms with van der Waals surface area (Å²) in [6.45, 7) is 4.80. The molecule has 2 aromatic carbocycles. The van der Waals surface area contributed by atoms with Crippen LogP contribution in [0.1, 0.15) is 16.8 Å². The highest BCUT2D eigenvalue weighted by Gasteiger charge is 2.25. The molecule has 198 valence electrons. The van der Waals surface area contributed by atoms with E-state index in [1.807, 2.05) is 6.08 Å². The van der Waals surface area contributed by atoms with E-state index in [0.717, 1.165) is 38.4 Å². The summed E-state index contributed by atoms with van der Waals surface area (Å²) in [5, 5.41) is 2.97. The number of aromatic nitrogens is 2. The Hall–Kier alpha value is -3.60. The Kier molecular flexibility index (Phi) is 7.55. The Labute approximate surface area is 224 Å². The molecule has 0 radical (unpaired) electrons. The Morgan fingerprint density at radius 1 is 1.08 bits per heavy atom. The summed E-state index contributed by atoms with van der Waals surface area (Å²) in [5.41, 5.74) is 2.28. The number of fused-ring (bicyclic) bond motifs is 1. The molecule has 5 rings (SSSR count). The third-order valence-corrected chi connectivity index (χ3v) is 7.14. The van der Waals surface area contributed by atoms with Crippen LogP contribution in [0.15, 0.2) is 47.4 Å². The number of carbonyl (C=O) groups is 1. The number of methoxy groups -OCH3 is 2. The standard InChI is InChI=1S/C27H28ClFN6O3/c1-34-10-12-35(13-11-34)15-16-4-7-21(32-16)33-27(36)18-6-5-17(25-26(18)31-9-8-30-25)22-23(28)19(37-2)14-20(38-3)24(22)29/h4-6,8-9,14H,7,10-13,15H2,1-3H3,(H,32,33,36). The van der Waals surface area contributed by atoms with E-state index >= 15 is 4.39 Å². The summed E-state index contributed by atoms with van der Waals surface area (Å²) in [4.78, 5) is 31.4. The van der Waals surface area contributed by atoms with Gasteiger partial charge in [-0.1, -0.05) is 23.7 Å². The van der Waals surface area contributed by atoms with Crippen molar-refractivity contribution >= 4 is 34.4 Å². The Balaban J connectivity index is 1.42. The van der Waals surface area contributed by atoms with Crippen LogP contribution in [0, 0.1) is 5.82 Å². The van der Waals surface area contributed by atoms with Crippen LogP contribution in [0.5, 0.6) is 11.5 Å². The molecular formula is C27H28ClFN6O3. The minimum absolute atomic E-state index is 0.0285. The second kappa shape index (κ2) is 11.0. The van der Waals surface area contributed by atoms with Crippen molar-refractivity contribution in [3.8, 4) is 22.6 Å². The molecule has 2 aliphatic heterocycles. The van der Waals surface area contributed by atoms with E-state index in [0.29, 0.717) is 34.4 Å². The number of ether oxygens (including phenoxy) is 2. The third kappa shape index (κ3) is 5.07. The number of aliphatic imine (C=N–C) groups is 1. The number of nitrogens with one attached hydrogen (secondary N) is 1. The van der Waals surface area contributed by atoms with Crippen molar-refractivity contribution in [1.29, 1.82) is 0 Å². The molecule has 3 aromatic rings. The molecule has 1 aromatic heterocycles. The zero-order valence-corrected chi connectivity index (χ0v) is 22.2. The quantitative estimate of drug-likeness (QED) is 0.511. The van der Waals surface area contributed by atoms with Gasteiger partial charge in [0.1, 0.15) is 17.1 Å². The zero-order chi connectivity index (χ0) is 26.8. The van der Waals surface area contributed by atoms with Crippen molar-refractivity contribution in [2.75, 3.05) is 54.0 Å². The average molecular weight is 539 g/mol. The molecule has 1 saturated heterocycles. The van der Waals surface area contributed by atoms with Gasteiger partial charge in [0, 0.05) is 68.7 Å². The van der Waals surface area contributed by atoms with Crippen LogP contribution in [0.25, 0.3) is 22.2 Å². The number of carbonyl (C=O) groups excluding carboxylic acids is 1. The van der Waals surface area contributed by atoms with Crippen LogP contribution in [0.2, 0.25) is 5.02 Å².